The van der Waals surface area contributed by atoms with E-state index in [4.69, 9.17) is 17.3 Å². The first kappa shape index (κ1) is 41.9. The maximum absolute atomic E-state index is 14.6. The molecule has 0 aliphatic carbocycles. The number of alkyl halides is 3. The molecule has 0 saturated carbocycles. The van der Waals surface area contributed by atoms with E-state index in [2.05, 4.69) is 20.7 Å². The molecular formula is C37H42ClF4N11O5. The third kappa shape index (κ3) is 9.35. The Kier molecular flexibility index (Phi) is 12.6. The second-order valence-electron chi connectivity index (χ2n) is 14.0. The number of aliphatic carboxylic acids is 1. The Morgan fingerprint density at radius 3 is 2.36 bits per heavy atom. The van der Waals surface area contributed by atoms with E-state index in [1.54, 1.807) is 14.7 Å². The Balaban J connectivity index is 1.07. The summed E-state index contributed by atoms with van der Waals surface area (Å²) >= 11 is 6.51. The Morgan fingerprint density at radius 1 is 1.05 bits per heavy atom. The van der Waals surface area contributed by atoms with Gasteiger partial charge in [0.25, 0.3) is 11.8 Å². The fourth-order valence-corrected chi connectivity index (χ4v) is 7.08. The summed E-state index contributed by atoms with van der Waals surface area (Å²) < 4.78 is 58.7. The summed E-state index contributed by atoms with van der Waals surface area (Å²) in [5.41, 5.74) is 3.82. The van der Waals surface area contributed by atoms with Crippen molar-refractivity contribution in [3.63, 3.8) is 0 Å². The standard InChI is InChI=1S/C37H42ClF4N11O5/c1-3-50(9-8-49(21-31(54)55)19-22-16-44-17-22)36(58)52-12-10-51(11-13-52)35(57)25-6-5-24(15-27(25)38)46-34(56)33-45-18-30(48(33)2)26-20-53(47-32(26)37(40,41)42)29-7-4-23(43)14-28(29)39/h4-7,14-15,18,20,22,44H,3,8-13,16-17,19,21,43H2,1-2H3,(H,46,56)(H,54,55). The van der Waals surface area contributed by atoms with Crippen LogP contribution in [0, 0.1) is 11.7 Å². The molecule has 0 spiro atoms. The van der Waals surface area contributed by atoms with E-state index in [9.17, 15) is 41.8 Å². The third-order valence-corrected chi connectivity index (χ3v) is 10.4. The maximum Gasteiger partial charge on any atom is 0.435 e. The van der Waals surface area contributed by atoms with Gasteiger partial charge in [-0.3, -0.25) is 19.3 Å². The monoisotopic (exact) mass is 831 g/mol. The Labute approximate surface area is 335 Å². The molecule has 58 heavy (non-hydrogen) atoms. The van der Waals surface area contributed by atoms with E-state index in [0.717, 1.165) is 40.8 Å². The molecule has 4 amide bonds. The summed E-state index contributed by atoms with van der Waals surface area (Å²) in [6.07, 6.45) is -2.88. The van der Waals surface area contributed by atoms with Crippen LogP contribution < -0.4 is 16.4 Å². The number of nitrogen functional groups attached to an aromatic ring is 1. The van der Waals surface area contributed by atoms with Crippen molar-refractivity contribution in [2.24, 2.45) is 13.0 Å². The minimum absolute atomic E-state index is 0.0275. The van der Waals surface area contributed by atoms with Crippen LogP contribution in [-0.2, 0) is 18.0 Å². The van der Waals surface area contributed by atoms with Gasteiger partial charge in [0.1, 0.15) is 5.69 Å². The molecule has 21 heteroatoms. The normalized spacial score (nSPS) is 14.8. The highest BCUT2D eigenvalue weighted by atomic mass is 35.5. The lowest BCUT2D eigenvalue weighted by molar-refractivity contribution is -0.141. The Bertz CT molecular complexity index is 2180. The van der Waals surface area contributed by atoms with Crippen LogP contribution in [-0.4, -0.2) is 140 Å². The van der Waals surface area contributed by atoms with Gasteiger partial charge in [-0.2, -0.15) is 18.3 Å². The number of benzene rings is 2. The van der Waals surface area contributed by atoms with Crippen LogP contribution in [0.15, 0.2) is 48.8 Å². The van der Waals surface area contributed by atoms with Gasteiger partial charge in [-0.25, -0.2) is 18.9 Å². The minimum atomic E-state index is -4.93. The van der Waals surface area contributed by atoms with Crippen molar-refractivity contribution in [1.82, 2.24) is 44.2 Å². The largest absolute Gasteiger partial charge is 0.480 e. The summed E-state index contributed by atoms with van der Waals surface area (Å²) in [6.45, 7) is 6.29. The zero-order valence-corrected chi connectivity index (χ0v) is 32.4. The van der Waals surface area contributed by atoms with E-state index in [-0.39, 0.29) is 83.8 Å². The number of carboxylic acids is 1. The highest BCUT2D eigenvalue weighted by Gasteiger charge is 2.39. The number of carbonyl (C=O) groups is 4. The van der Waals surface area contributed by atoms with Crippen molar-refractivity contribution >= 4 is 46.8 Å². The lowest BCUT2D eigenvalue weighted by Gasteiger charge is -2.38. The molecule has 16 nitrogen and oxygen atoms in total. The van der Waals surface area contributed by atoms with Crippen LogP contribution in [0.4, 0.5) is 33.7 Å². The van der Waals surface area contributed by atoms with Gasteiger partial charge < -0.3 is 40.7 Å². The van der Waals surface area contributed by atoms with Crippen molar-refractivity contribution in [1.29, 1.82) is 0 Å². The van der Waals surface area contributed by atoms with Crippen molar-refractivity contribution in [2.45, 2.75) is 13.1 Å². The van der Waals surface area contributed by atoms with E-state index in [0.29, 0.717) is 32.1 Å². The van der Waals surface area contributed by atoms with Gasteiger partial charge in [-0.1, -0.05) is 11.6 Å². The van der Waals surface area contributed by atoms with E-state index in [1.807, 2.05) is 11.8 Å². The number of hydrogen-bond donors (Lipinski definition) is 4. The summed E-state index contributed by atoms with van der Waals surface area (Å²) in [7, 11) is 1.34. The molecule has 4 heterocycles. The number of carboxylic acid groups (broad SMARTS) is 1. The van der Waals surface area contributed by atoms with Crippen LogP contribution in [0.3, 0.4) is 0 Å². The number of aromatic nitrogens is 4. The Hall–Kier alpha value is -5.73. The minimum Gasteiger partial charge on any atom is -0.480 e. The van der Waals surface area contributed by atoms with E-state index in [1.165, 1.54) is 37.4 Å². The number of nitrogens with zero attached hydrogens (tertiary/aromatic N) is 8. The highest BCUT2D eigenvalue weighted by molar-refractivity contribution is 6.34. The second kappa shape index (κ2) is 17.4. The average molecular weight is 832 g/mol. The van der Waals surface area contributed by atoms with Gasteiger partial charge in [0.2, 0.25) is 0 Å². The van der Waals surface area contributed by atoms with Gasteiger partial charge >= 0.3 is 18.2 Å². The van der Waals surface area contributed by atoms with Crippen molar-refractivity contribution in [3.8, 4) is 16.9 Å². The number of anilines is 2. The molecular weight excluding hydrogens is 790 g/mol. The Morgan fingerprint density at radius 2 is 1.76 bits per heavy atom. The molecule has 2 aromatic heterocycles. The molecule has 4 aromatic rings. The molecule has 0 bridgehead atoms. The van der Waals surface area contributed by atoms with Crippen molar-refractivity contribution in [3.05, 3.63) is 76.7 Å². The van der Waals surface area contributed by atoms with Gasteiger partial charge in [-0.05, 0) is 49.2 Å². The smallest absolute Gasteiger partial charge is 0.435 e. The van der Waals surface area contributed by atoms with Crippen LogP contribution in [0.5, 0.6) is 0 Å². The van der Waals surface area contributed by atoms with E-state index >= 15 is 0 Å². The summed E-state index contributed by atoms with van der Waals surface area (Å²) in [5.74, 6) is -2.87. The molecule has 2 fully saturated rings. The van der Waals surface area contributed by atoms with Gasteiger partial charge in [0, 0.05) is 90.1 Å². The number of imidazole rings is 1. The number of carbonyl (C=O) groups excluding carboxylic acids is 3. The first-order valence-electron chi connectivity index (χ1n) is 18.4. The topological polar surface area (TPSA) is 187 Å². The predicted octanol–water partition coefficient (Wildman–Crippen LogP) is 3.72. The summed E-state index contributed by atoms with van der Waals surface area (Å²) in [4.78, 5) is 62.3. The van der Waals surface area contributed by atoms with Crippen molar-refractivity contribution in [2.75, 3.05) is 83.0 Å². The molecule has 0 unspecified atom stereocenters. The third-order valence-electron chi connectivity index (χ3n) is 10.0. The van der Waals surface area contributed by atoms with E-state index < -0.39 is 35.1 Å². The quantitative estimate of drug-likeness (QED) is 0.114. The number of halogens is 5. The molecule has 6 rings (SSSR count). The molecule has 2 aliphatic rings. The fourth-order valence-electron chi connectivity index (χ4n) is 6.82. The number of likely N-dealkylation sites (N-methyl/N-ethyl adjacent to an activating group) is 1. The predicted molar refractivity (Wildman–Crippen MR) is 205 cm³/mol. The number of amides is 4. The summed E-state index contributed by atoms with van der Waals surface area (Å²) in [5, 5.41) is 18.7. The van der Waals surface area contributed by atoms with Gasteiger partial charge in [0.15, 0.2) is 17.3 Å². The van der Waals surface area contributed by atoms with Gasteiger partial charge in [0.05, 0.1) is 34.6 Å². The lowest BCUT2D eigenvalue weighted by Crippen LogP contribution is -2.55. The van der Waals surface area contributed by atoms with Crippen LogP contribution in [0.1, 0.15) is 33.6 Å². The van der Waals surface area contributed by atoms with Gasteiger partial charge in [-0.15, -0.1) is 0 Å². The number of nitrogens with two attached hydrogens (primary N) is 1. The maximum atomic E-state index is 14.6. The molecule has 2 aromatic carbocycles. The molecule has 2 saturated heterocycles. The van der Waals surface area contributed by atoms with Crippen LogP contribution in [0.25, 0.3) is 16.9 Å². The number of piperazine rings is 1. The second-order valence-corrected chi connectivity index (χ2v) is 14.4. The molecule has 0 radical (unpaired) electrons. The zero-order chi connectivity index (χ0) is 41.9. The lowest BCUT2D eigenvalue weighted by atomic mass is 10.0. The molecule has 0 atom stereocenters. The number of urea groups is 1. The number of nitrogens with one attached hydrogen (secondary N) is 2. The van der Waals surface area contributed by atoms with Crippen LogP contribution >= 0.6 is 11.6 Å². The average Bonchev–Trinajstić information content (AvgIpc) is 3.76. The van der Waals surface area contributed by atoms with Crippen LogP contribution in [0.2, 0.25) is 5.02 Å². The number of rotatable bonds is 13. The molecule has 5 N–H and O–H groups in total. The molecule has 2 aliphatic heterocycles. The zero-order valence-electron chi connectivity index (χ0n) is 31.6. The summed E-state index contributed by atoms with van der Waals surface area (Å²) in [6, 6.07) is 7.51. The highest BCUT2D eigenvalue weighted by Crippen LogP contribution is 2.37. The first-order valence-corrected chi connectivity index (χ1v) is 18.7. The molecule has 310 valence electrons. The SMILES string of the molecule is CCN(CCN(CC(=O)O)CC1CNC1)C(=O)N1CCN(C(=O)c2ccc(NC(=O)c3ncc(-c4cn(-c5ccc(N)cc5F)nc4C(F)(F)F)n3C)cc2Cl)CC1. The van der Waals surface area contributed by atoms with Crippen molar-refractivity contribution < 1.29 is 41.8 Å². The first-order chi connectivity index (χ1) is 27.5. The number of hydrogen-bond acceptors (Lipinski definition) is 9. The fraction of sp³-hybridized carbons (Fsp3) is 0.405.